The van der Waals surface area contributed by atoms with Gasteiger partial charge in [-0.3, -0.25) is 20.2 Å². The van der Waals surface area contributed by atoms with Gasteiger partial charge in [0.05, 0.1) is 22.5 Å². The summed E-state index contributed by atoms with van der Waals surface area (Å²) in [5, 5.41) is 45.2. The quantitative estimate of drug-likeness (QED) is 0.231. The average molecular weight is 378 g/mol. The third-order valence-corrected chi connectivity index (χ3v) is 3.27. The maximum absolute atomic E-state index is 11.2. The molecule has 2 rings (SSSR count). The average Bonchev–Trinajstić information content (AvgIpc) is 2.61. The fraction of sp³-hybridized carbons (Fsp3) is 0.133. The summed E-state index contributed by atoms with van der Waals surface area (Å²) in [7, 11) is 0. The number of nitrogens with zero attached hydrogens (tertiary/aromatic N) is 2. The molecule has 2 aromatic rings. The van der Waals surface area contributed by atoms with Crippen molar-refractivity contribution in [2.24, 2.45) is 0 Å². The van der Waals surface area contributed by atoms with Crippen LogP contribution in [-0.2, 0) is 0 Å². The number of aliphatic hydroxyl groups is 1. The summed E-state index contributed by atoms with van der Waals surface area (Å²) in [4.78, 5) is 31.6. The Morgan fingerprint density at radius 2 is 1.67 bits per heavy atom. The molecule has 0 saturated heterocycles. The SMILES string of the molecule is O=C(O)Oc1ccc(Nc2ccc(NCCO)c([N+](=O)[O-])c2)c([N+](=O)[O-])c1. The van der Waals surface area contributed by atoms with E-state index in [0.717, 1.165) is 6.07 Å². The zero-order valence-corrected chi connectivity index (χ0v) is 13.6. The number of ether oxygens (including phenoxy) is 1. The molecule has 142 valence electrons. The van der Waals surface area contributed by atoms with Gasteiger partial charge in [0.1, 0.15) is 17.1 Å². The second kappa shape index (κ2) is 8.44. The Morgan fingerprint density at radius 1 is 1.04 bits per heavy atom. The molecule has 4 N–H and O–H groups in total. The minimum absolute atomic E-state index is 0.0110. The number of rotatable bonds is 8. The predicted octanol–water partition coefficient (Wildman–Crippen LogP) is 2.71. The minimum atomic E-state index is -1.62. The minimum Gasteiger partial charge on any atom is -0.449 e. The highest BCUT2D eigenvalue weighted by molar-refractivity contribution is 5.75. The third kappa shape index (κ3) is 5.02. The second-order valence-electron chi connectivity index (χ2n) is 5.07. The molecule has 0 aliphatic carbocycles. The van der Waals surface area contributed by atoms with Crippen LogP contribution in [0.25, 0.3) is 0 Å². The number of hydrogen-bond donors (Lipinski definition) is 4. The number of carbonyl (C=O) groups is 1. The van der Waals surface area contributed by atoms with Crippen molar-refractivity contribution in [3.63, 3.8) is 0 Å². The summed E-state index contributed by atoms with van der Waals surface area (Å²) < 4.78 is 4.38. The van der Waals surface area contributed by atoms with Gasteiger partial charge in [0, 0.05) is 18.3 Å². The second-order valence-corrected chi connectivity index (χ2v) is 5.07. The molecule has 27 heavy (non-hydrogen) atoms. The van der Waals surface area contributed by atoms with Crippen LogP contribution < -0.4 is 15.4 Å². The van der Waals surface area contributed by atoms with E-state index in [1.165, 1.54) is 30.3 Å². The maximum atomic E-state index is 11.2. The first-order chi connectivity index (χ1) is 12.8. The molecule has 0 aliphatic heterocycles. The van der Waals surface area contributed by atoms with Crippen molar-refractivity contribution < 1.29 is 29.6 Å². The topological polar surface area (TPSA) is 177 Å². The summed E-state index contributed by atoms with van der Waals surface area (Å²) in [6, 6.07) is 7.37. The molecule has 0 unspecified atom stereocenters. The van der Waals surface area contributed by atoms with E-state index in [0.29, 0.717) is 0 Å². The standard InChI is InChI=1S/C15H14N4O8/c20-6-5-16-11-3-1-9(7-13(11)18(23)24)17-12-4-2-10(27-15(21)22)8-14(12)19(25)26/h1-4,7-8,16-17,20H,5-6H2,(H,21,22). The van der Waals surface area contributed by atoms with Gasteiger partial charge in [0.25, 0.3) is 11.4 Å². The largest absolute Gasteiger partial charge is 0.511 e. The van der Waals surface area contributed by atoms with Crippen molar-refractivity contribution in [3.05, 3.63) is 56.6 Å². The van der Waals surface area contributed by atoms with E-state index in [9.17, 15) is 25.0 Å². The van der Waals surface area contributed by atoms with Crippen LogP contribution in [0.5, 0.6) is 5.75 Å². The van der Waals surface area contributed by atoms with Crippen LogP contribution in [0, 0.1) is 20.2 Å². The lowest BCUT2D eigenvalue weighted by atomic mass is 10.2. The Bertz CT molecular complexity index is 886. The molecule has 0 heterocycles. The predicted molar refractivity (Wildman–Crippen MR) is 93.7 cm³/mol. The van der Waals surface area contributed by atoms with E-state index < -0.39 is 21.7 Å². The summed E-state index contributed by atoms with van der Waals surface area (Å²) in [6.45, 7) is -0.0990. The van der Waals surface area contributed by atoms with Crippen molar-refractivity contribution >= 4 is 34.6 Å². The van der Waals surface area contributed by atoms with Gasteiger partial charge in [-0.15, -0.1) is 0 Å². The van der Waals surface area contributed by atoms with Crippen LogP contribution in [0.2, 0.25) is 0 Å². The maximum Gasteiger partial charge on any atom is 0.511 e. The summed E-state index contributed by atoms with van der Waals surface area (Å²) in [5.41, 5.74) is -0.394. The number of hydrogen-bond acceptors (Lipinski definition) is 9. The molecule has 0 radical (unpaired) electrons. The number of benzene rings is 2. The van der Waals surface area contributed by atoms with Gasteiger partial charge in [0.15, 0.2) is 0 Å². The zero-order valence-electron chi connectivity index (χ0n) is 13.6. The highest BCUT2D eigenvalue weighted by atomic mass is 16.7. The van der Waals surface area contributed by atoms with Crippen molar-refractivity contribution in [1.29, 1.82) is 0 Å². The Hall–Kier alpha value is -3.93. The molecule has 12 nitrogen and oxygen atoms in total. The third-order valence-electron chi connectivity index (χ3n) is 3.27. The fourth-order valence-electron chi connectivity index (χ4n) is 2.19. The van der Waals surface area contributed by atoms with Crippen LogP contribution in [0.4, 0.5) is 33.2 Å². The van der Waals surface area contributed by atoms with Gasteiger partial charge in [-0.2, -0.15) is 0 Å². The van der Waals surface area contributed by atoms with E-state index in [1.807, 2.05) is 0 Å². The Kier molecular flexibility index (Phi) is 6.06. The molecule has 0 fully saturated rings. The van der Waals surface area contributed by atoms with Gasteiger partial charge >= 0.3 is 6.16 Å². The summed E-state index contributed by atoms with van der Waals surface area (Å²) >= 11 is 0. The number of carboxylic acid groups (broad SMARTS) is 1. The van der Waals surface area contributed by atoms with Crippen molar-refractivity contribution in [2.45, 2.75) is 0 Å². The molecule has 0 bridgehead atoms. The molecule has 0 spiro atoms. The molecular formula is C15H14N4O8. The first-order valence-electron chi connectivity index (χ1n) is 7.41. The summed E-state index contributed by atoms with van der Waals surface area (Å²) in [5.74, 6) is -0.241. The number of nitro benzene ring substituents is 2. The Labute approximate surface area is 151 Å². The van der Waals surface area contributed by atoms with Crippen LogP contribution in [0.3, 0.4) is 0 Å². The smallest absolute Gasteiger partial charge is 0.449 e. The molecule has 0 aromatic heterocycles. The Morgan fingerprint density at radius 3 is 2.26 bits per heavy atom. The van der Waals surface area contributed by atoms with Crippen LogP contribution in [0.1, 0.15) is 0 Å². The molecule has 0 aliphatic rings. The first-order valence-corrected chi connectivity index (χ1v) is 7.41. The van der Waals surface area contributed by atoms with E-state index >= 15 is 0 Å². The lowest BCUT2D eigenvalue weighted by molar-refractivity contribution is -0.384. The number of nitro groups is 2. The van der Waals surface area contributed by atoms with Crippen molar-refractivity contribution in [1.82, 2.24) is 0 Å². The fourth-order valence-corrected chi connectivity index (χ4v) is 2.19. The summed E-state index contributed by atoms with van der Waals surface area (Å²) in [6.07, 6.45) is -1.62. The van der Waals surface area contributed by atoms with Gasteiger partial charge in [-0.05, 0) is 24.3 Å². The van der Waals surface area contributed by atoms with Crippen LogP contribution >= 0.6 is 0 Å². The number of anilines is 3. The number of nitrogens with one attached hydrogen (secondary N) is 2. The van der Waals surface area contributed by atoms with Gasteiger partial charge in [0.2, 0.25) is 0 Å². The normalized spacial score (nSPS) is 10.1. The van der Waals surface area contributed by atoms with Crippen LogP contribution in [0.15, 0.2) is 36.4 Å². The number of aliphatic hydroxyl groups excluding tert-OH is 1. The lowest BCUT2D eigenvalue weighted by Gasteiger charge is -2.10. The van der Waals surface area contributed by atoms with E-state index in [-0.39, 0.29) is 41.7 Å². The molecule has 0 amide bonds. The van der Waals surface area contributed by atoms with E-state index in [4.69, 9.17) is 10.2 Å². The first kappa shape index (κ1) is 19.4. The van der Waals surface area contributed by atoms with Gasteiger partial charge in [-0.1, -0.05) is 0 Å². The zero-order chi connectivity index (χ0) is 20.0. The molecule has 0 saturated carbocycles. The molecular weight excluding hydrogens is 364 g/mol. The molecule has 0 atom stereocenters. The molecule has 12 heteroatoms. The van der Waals surface area contributed by atoms with E-state index in [1.54, 1.807) is 0 Å². The van der Waals surface area contributed by atoms with E-state index in [2.05, 4.69) is 15.4 Å². The van der Waals surface area contributed by atoms with Crippen molar-refractivity contribution in [2.75, 3.05) is 23.8 Å². The van der Waals surface area contributed by atoms with Crippen molar-refractivity contribution in [3.8, 4) is 5.75 Å². The van der Waals surface area contributed by atoms with Crippen LogP contribution in [-0.4, -0.2) is 39.4 Å². The monoisotopic (exact) mass is 378 g/mol. The highest BCUT2D eigenvalue weighted by Gasteiger charge is 2.19. The highest BCUT2D eigenvalue weighted by Crippen LogP contribution is 2.34. The van der Waals surface area contributed by atoms with Gasteiger partial charge in [-0.25, -0.2) is 4.79 Å². The Balaban J connectivity index is 2.35. The molecule has 2 aromatic carbocycles. The lowest BCUT2D eigenvalue weighted by Crippen LogP contribution is -2.08. The van der Waals surface area contributed by atoms with Gasteiger partial charge < -0.3 is 25.6 Å².